The van der Waals surface area contributed by atoms with Crippen molar-refractivity contribution in [2.24, 2.45) is 0 Å². The molecule has 0 atom stereocenters. The molecule has 0 bridgehead atoms. The molecular formula is C13H14ClN3O2. The Morgan fingerprint density at radius 1 is 1.32 bits per heavy atom. The van der Waals surface area contributed by atoms with Crippen LogP contribution in [0, 0.1) is 0 Å². The zero-order valence-electron chi connectivity index (χ0n) is 10.4. The van der Waals surface area contributed by atoms with E-state index in [9.17, 15) is 9.59 Å². The van der Waals surface area contributed by atoms with E-state index in [-0.39, 0.29) is 12.1 Å². The maximum atomic E-state index is 11.7. The summed E-state index contributed by atoms with van der Waals surface area (Å²) < 4.78 is 1.42. The number of aromatic amines is 1. The van der Waals surface area contributed by atoms with Gasteiger partial charge in [0.2, 0.25) is 0 Å². The molecule has 100 valence electrons. The van der Waals surface area contributed by atoms with E-state index in [1.54, 1.807) is 24.4 Å². The van der Waals surface area contributed by atoms with Crippen molar-refractivity contribution >= 4 is 17.3 Å². The summed E-state index contributed by atoms with van der Waals surface area (Å²) in [6, 6.07) is 5.09. The predicted molar refractivity (Wildman–Crippen MR) is 75.7 cm³/mol. The van der Waals surface area contributed by atoms with Gasteiger partial charge in [0.15, 0.2) is 0 Å². The fraction of sp³-hybridized carbons (Fsp3) is 0.231. The largest absolute Gasteiger partial charge is 0.398 e. The van der Waals surface area contributed by atoms with E-state index in [4.69, 9.17) is 17.3 Å². The SMILES string of the molecule is CCc1cn(Cc2cc(Cl)ccc2N)c(=O)[nH]c1=O. The third kappa shape index (κ3) is 2.88. The number of nitrogens with zero attached hydrogens (tertiary/aromatic N) is 1. The van der Waals surface area contributed by atoms with Gasteiger partial charge in [-0.15, -0.1) is 0 Å². The molecule has 0 saturated carbocycles. The second kappa shape index (κ2) is 5.32. The predicted octanol–water partition coefficient (Wildman–Crippen LogP) is 1.38. The van der Waals surface area contributed by atoms with Crippen molar-refractivity contribution in [2.75, 3.05) is 5.73 Å². The third-order valence-corrected chi connectivity index (χ3v) is 3.15. The number of hydrogen-bond donors (Lipinski definition) is 2. The average Bonchev–Trinajstić information content (AvgIpc) is 2.37. The van der Waals surface area contributed by atoms with E-state index in [2.05, 4.69) is 4.98 Å². The van der Waals surface area contributed by atoms with Gasteiger partial charge in [0.1, 0.15) is 0 Å². The fourth-order valence-electron chi connectivity index (χ4n) is 1.82. The molecule has 0 aliphatic heterocycles. The molecule has 0 aliphatic carbocycles. The van der Waals surface area contributed by atoms with Crippen LogP contribution in [0.15, 0.2) is 34.0 Å². The Hall–Kier alpha value is -2.01. The summed E-state index contributed by atoms with van der Waals surface area (Å²) in [6.07, 6.45) is 2.11. The molecule has 0 radical (unpaired) electrons. The Morgan fingerprint density at radius 3 is 2.74 bits per heavy atom. The number of aryl methyl sites for hydroxylation is 1. The van der Waals surface area contributed by atoms with Crippen molar-refractivity contribution in [3.63, 3.8) is 0 Å². The van der Waals surface area contributed by atoms with Gasteiger partial charge >= 0.3 is 5.69 Å². The van der Waals surface area contributed by atoms with E-state index in [0.29, 0.717) is 22.7 Å². The quantitative estimate of drug-likeness (QED) is 0.833. The van der Waals surface area contributed by atoms with Crippen molar-refractivity contribution in [2.45, 2.75) is 19.9 Å². The van der Waals surface area contributed by atoms with Gasteiger partial charge in [0.05, 0.1) is 6.54 Å². The van der Waals surface area contributed by atoms with Crippen molar-refractivity contribution in [1.29, 1.82) is 0 Å². The van der Waals surface area contributed by atoms with Gasteiger partial charge in [-0.1, -0.05) is 18.5 Å². The topological polar surface area (TPSA) is 80.9 Å². The van der Waals surface area contributed by atoms with Gasteiger partial charge in [0, 0.05) is 22.5 Å². The summed E-state index contributed by atoms with van der Waals surface area (Å²) >= 11 is 5.91. The molecule has 19 heavy (non-hydrogen) atoms. The second-order valence-electron chi connectivity index (χ2n) is 4.24. The van der Waals surface area contributed by atoms with Crippen LogP contribution >= 0.6 is 11.6 Å². The molecular weight excluding hydrogens is 266 g/mol. The van der Waals surface area contributed by atoms with Crippen LogP contribution in [-0.4, -0.2) is 9.55 Å². The van der Waals surface area contributed by atoms with Crippen molar-refractivity contribution in [3.8, 4) is 0 Å². The Balaban J connectivity index is 2.46. The highest BCUT2D eigenvalue weighted by molar-refractivity contribution is 6.30. The standard InChI is InChI=1S/C13H14ClN3O2/c1-2-8-6-17(13(19)16-12(8)18)7-9-5-10(14)3-4-11(9)15/h3-6H,2,7,15H2,1H3,(H,16,18,19). The summed E-state index contributed by atoms with van der Waals surface area (Å²) in [6.45, 7) is 2.13. The number of rotatable bonds is 3. The Bertz CT molecular complexity index is 719. The number of aromatic nitrogens is 2. The summed E-state index contributed by atoms with van der Waals surface area (Å²) in [5.74, 6) is 0. The van der Waals surface area contributed by atoms with E-state index in [1.165, 1.54) is 4.57 Å². The van der Waals surface area contributed by atoms with Crippen LogP contribution in [0.25, 0.3) is 0 Å². The van der Waals surface area contributed by atoms with Gasteiger partial charge in [-0.05, 0) is 30.2 Å². The van der Waals surface area contributed by atoms with E-state index in [0.717, 1.165) is 5.56 Å². The minimum absolute atomic E-state index is 0.273. The zero-order valence-corrected chi connectivity index (χ0v) is 11.2. The number of hydrogen-bond acceptors (Lipinski definition) is 3. The summed E-state index contributed by atoms with van der Waals surface area (Å²) in [5, 5.41) is 0.553. The van der Waals surface area contributed by atoms with Crippen LogP contribution in [-0.2, 0) is 13.0 Å². The lowest BCUT2D eigenvalue weighted by molar-refractivity contribution is 0.709. The number of benzene rings is 1. The second-order valence-corrected chi connectivity index (χ2v) is 4.67. The highest BCUT2D eigenvalue weighted by Gasteiger charge is 2.06. The summed E-state index contributed by atoms with van der Waals surface area (Å²) in [5.41, 5.74) is 6.89. The van der Waals surface area contributed by atoms with E-state index in [1.807, 2.05) is 6.92 Å². The van der Waals surface area contributed by atoms with Gasteiger partial charge in [0.25, 0.3) is 5.56 Å². The molecule has 1 aromatic heterocycles. The molecule has 5 nitrogen and oxygen atoms in total. The molecule has 2 aromatic rings. The minimum Gasteiger partial charge on any atom is -0.398 e. The Kier molecular flexibility index (Phi) is 3.76. The Labute approximate surface area is 114 Å². The zero-order chi connectivity index (χ0) is 14.0. The molecule has 0 unspecified atom stereocenters. The van der Waals surface area contributed by atoms with E-state index >= 15 is 0 Å². The first-order valence-corrected chi connectivity index (χ1v) is 6.25. The molecule has 6 heteroatoms. The first-order valence-electron chi connectivity index (χ1n) is 5.87. The molecule has 0 spiro atoms. The maximum absolute atomic E-state index is 11.7. The summed E-state index contributed by atoms with van der Waals surface area (Å²) in [4.78, 5) is 25.5. The van der Waals surface area contributed by atoms with E-state index < -0.39 is 5.69 Å². The average molecular weight is 280 g/mol. The molecule has 0 fully saturated rings. The molecule has 0 aliphatic rings. The molecule has 1 aromatic carbocycles. The van der Waals surface area contributed by atoms with Crippen LogP contribution in [0.1, 0.15) is 18.1 Å². The fourth-order valence-corrected chi connectivity index (χ4v) is 2.01. The lowest BCUT2D eigenvalue weighted by atomic mass is 10.2. The van der Waals surface area contributed by atoms with Crippen LogP contribution in [0.3, 0.4) is 0 Å². The molecule has 3 N–H and O–H groups in total. The third-order valence-electron chi connectivity index (χ3n) is 2.91. The highest BCUT2D eigenvalue weighted by Crippen LogP contribution is 2.18. The monoisotopic (exact) mass is 279 g/mol. The van der Waals surface area contributed by atoms with Gasteiger partial charge in [-0.3, -0.25) is 14.3 Å². The molecule has 1 heterocycles. The number of anilines is 1. The summed E-state index contributed by atoms with van der Waals surface area (Å²) in [7, 11) is 0. The first kappa shape index (κ1) is 13.4. The van der Waals surface area contributed by atoms with Gasteiger partial charge in [-0.2, -0.15) is 0 Å². The smallest absolute Gasteiger partial charge is 0.328 e. The first-order chi connectivity index (χ1) is 9.01. The van der Waals surface area contributed by atoms with Crippen molar-refractivity contribution in [3.05, 3.63) is 61.4 Å². The lowest BCUT2D eigenvalue weighted by Gasteiger charge is -2.09. The number of nitrogens with two attached hydrogens (primary N) is 1. The normalized spacial score (nSPS) is 10.6. The van der Waals surface area contributed by atoms with Gasteiger partial charge in [-0.25, -0.2) is 4.79 Å². The van der Waals surface area contributed by atoms with Crippen molar-refractivity contribution in [1.82, 2.24) is 9.55 Å². The Morgan fingerprint density at radius 2 is 2.05 bits per heavy atom. The van der Waals surface area contributed by atoms with Crippen LogP contribution < -0.4 is 17.0 Å². The minimum atomic E-state index is -0.457. The molecule has 0 saturated heterocycles. The number of halogens is 1. The molecule has 0 amide bonds. The van der Waals surface area contributed by atoms with Crippen molar-refractivity contribution < 1.29 is 0 Å². The number of nitrogens with one attached hydrogen (secondary N) is 1. The highest BCUT2D eigenvalue weighted by atomic mass is 35.5. The van der Waals surface area contributed by atoms with Crippen LogP contribution in [0.5, 0.6) is 0 Å². The van der Waals surface area contributed by atoms with Gasteiger partial charge < -0.3 is 5.73 Å². The molecule has 2 rings (SSSR count). The lowest BCUT2D eigenvalue weighted by Crippen LogP contribution is -2.32. The maximum Gasteiger partial charge on any atom is 0.328 e. The number of H-pyrrole nitrogens is 1. The number of nitrogen functional groups attached to an aromatic ring is 1. The van der Waals surface area contributed by atoms with Crippen LogP contribution in [0.2, 0.25) is 5.02 Å². The van der Waals surface area contributed by atoms with Crippen LogP contribution in [0.4, 0.5) is 5.69 Å².